The van der Waals surface area contributed by atoms with E-state index < -0.39 is 5.60 Å². The lowest BCUT2D eigenvalue weighted by atomic mass is 9.98. The maximum Gasteiger partial charge on any atom is 0.410 e. The van der Waals surface area contributed by atoms with Gasteiger partial charge >= 0.3 is 6.09 Å². The SMILES string of the molecule is COc1cc(N)ccc1C1=CCN(C(=O)OC(C)(C)C)CC1. The number of amides is 1. The van der Waals surface area contributed by atoms with Gasteiger partial charge in [-0.15, -0.1) is 0 Å². The summed E-state index contributed by atoms with van der Waals surface area (Å²) in [6, 6.07) is 5.64. The number of ether oxygens (including phenoxy) is 2. The molecule has 1 aliphatic rings. The molecule has 22 heavy (non-hydrogen) atoms. The zero-order valence-electron chi connectivity index (χ0n) is 13.7. The Morgan fingerprint density at radius 1 is 1.32 bits per heavy atom. The number of hydrogen-bond donors (Lipinski definition) is 1. The number of anilines is 1. The molecular formula is C17H24N2O3. The summed E-state index contributed by atoms with van der Waals surface area (Å²) in [4.78, 5) is 13.8. The topological polar surface area (TPSA) is 64.8 Å². The van der Waals surface area contributed by atoms with Crippen LogP contribution in [0.5, 0.6) is 5.75 Å². The molecule has 1 amide bonds. The number of rotatable bonds is 2. The predicted octanol–water partition coefficient (Wildman–Crippen LogP) is 3.30. The van der Waals surface area contributed by atoms with Gasteiger partial charge in [0.1, 0.15) is 11.4 Å². The number of benzene rings is 1. The largest absolute Gasteiger partial charge is 0.496 e. The zero-order valence-corrected chi connectivity index (χ0v) is 13.7. The highest BCUT2D eigenvalue weighted by molar-refractivity contribution is 5.76. The van der Waals surface area contributed by atoms with Crippen molar-refractivity contribution in [1.29, 1.82) is 0 Å². The monoisotopic (exact) mass is 304 g/mol. The molecule has 0 saturated carbocycles. The molecule has 0 fully saturated rings. The van der Waals surface area contributed by atoms with Crippen molar-refractivity contribution >= 4 is 17.4 Å². The minimum Gasteiger partial charge on any atom is -0.496 e. The van der Waals surface area contributed by atoms with E-state index in [2.05, 4.69) is 0 Å². The van der Waals surface area contributed by atoms with E-state index in [1.807, 2.05) is 45.0 Å². The molecule has 2 rings (SSSR count). The van der Waals surface area contributed by atoms with Gasteiger partial charge < -0.3 is 20.1 Å². The van der Waals surface area contributed by atoms with Crippen LogP contribution in [-0.2, 0) is 4.74 Å². The standard InChI is InChI=1S/C17H24N2O3/c1-17(2,3)22-16(20)19-9-7-12(8-10-19)14-6-5-13(18)11-15(14)21-4/h5-7,11H,8-10,18H2,1-4H3. The van der Waals surface area contributed by atoms with Gasteiger partial charge in [0.05, 0.1) is 7.11 Å². The Morgan fingerprint density at radius 2 is 2.05 bits per heavy atom. The minimum atomic E-state index is -0.471. The summed E-state index contributed by atoms with van der Waals surface area (Å²) in [6.45, 7) is 6.78. The number of nitrogens with two attached hydrogens (primary N) is 1. The zero-order chi connectivity index (χ0) is 16.3. The minimum absolute atomic E-state index is 0.271. The lowest BCUT2D eigenvalue weighted by molar-refractivity contribution is 0.0270. The van der Waals surface area contributed by atoms with Crippen LogP contribution in [0.2, 0.25) is 0 Å². The second-order valence-corrected chi connectivity index (χ2v) is 6.37. The summed E-state index contributed by atoms with van der Waals surface area (Å²) in [5.74, 6) is 0.761. The number of nitrogen functional groups attached to an aromatic ring is 1. The molecule has 1 heterocycles. The van der Waals surface area contributed by atoms with Crippen LogP contribution in [0.4, 0.5) is 10.5 Å². The summed E-state index contributed by atoms with van der Waals surface area (Å²) in [7, 11) is 1.63. The third kappa shape index (κ3) is 3.93. The quantitative estimate of drug-likeness (QED) is 0.851. The Kier molecular flexibility index (Phi) is 4.64. The summed E-state index contributed by atoms with van der Waals surface area (Å²) >= 11 is 0. The fourth-order valence-electron chi connectivity index (χ4n) is 2.38. The van der Waals surface area contributed by atoms with Crippen molar-refractivity contribution in [2.24, 2.45) is 0 Å². The molecule has 1 aliphatic heterocycles. The van der Waals surface area contributed by atoms with Gasteiger partial charge in [0, 0.05) is 30.4 Å². The first kappa shape index (κ1) is 16.2. The highest BCUT2D eigenvalue weighted by Crippen LogP contribution is 2.32. The van der Waals surface area contributed by atoms with E-state index in [0.29, 0.717) is 18.8 Å². The average molecular weight is 304 g/mol. The van der Waals surface area contributed by atoms with Gasteiger partial charge in [-0.05, 0) is 44.9 Å². The number of carbonyl (C=O) groups is 1. The smallest absolute Gasteiger partial charge is 0.410 e. The van der Waals surface area contributed by atoms with Gasteiger partial charge in [0.15, 0.2) is 0 Å². The van der Waals surface area contributed by atoms with Crippen molar-refractivity contribution in [2.45, 2.75) is 32.8 Å². The van der Waals surface area contributed by atoms with Crippen molar-refractivity contribution in [3.63, 3.8) is 0 Å². The van der Waals surface area contributed by atoms with Gasteiger partial charge in [-0.3, -0.25) is 0 Å². The maximum atomic E-state index is 12.1. The summed E-state index contributed by atoms with van der Waals surface area (Å²) in [5, 5.41) is 0. The van der Waals surface area contributed by atoms with Crippen molar-refractivity contribution < 1.29 is 14.3 Å². The molecule has 5 heteroatoms. The van der Waals surface area contributed by atoms with Crippen LogP contribution >= 0.6 is 0 Å². The van der Waals surface area contributed by atoms with Crippen LogP contribution < -0.4 is 10.5 Å². The van der Waals surface area contributed by atoms with Gasteiger partial charge in [0.25, 0.3) is 0 Å². The van der Waals surface area contributed by atoms with Crippen LogP contribution in [0.15, 0.2) is 24.3 Å². The fraction of sp³-hybridized carbons (Fsp3) is 0.471. The highest BCUT2D eigenvalue weighted by atomic mass is 16.6. The average Bonchev–Trinajstić information content (AvgIpc) is 2.45. The molecule has 0 spiro atoms. The van der Waals surface area contributed by atoms with E-state index in [9.17, 15) is 4.79 Å². The lowest BCUT2D eigenvalue weighted by Gasteiger charge is -2.30. The van der Waals surface area contributed by atoms with Crippen LogP contribution in [0, 0.1) is 0 Å². The van der Waals surface area contributed by atoms with E-state index in [1.54, 1.807) is 12.0 Å². The van der Waals surface area contributed by atoms with Crippen molar-refractivity contribution in [3.05, 3.63) is 29.8 Å². The molecule has 1 aromatic carbocycles. The van der Waals surface area contributed by atoms with Crippen molar-refractivity contribution in [2.75, 3.05) is 25.9 Å². The fourth-order valence-corrected chi connectivity index (χ4v) is 2.38. The normalized spacial score (nSPS) is 15.3. The predicted molar refractivity (Wildman–Crippen MR) is 87.8 cm³/mol. The molecule has 0 radical (unpaired) electrons. The molecule has 120 valence electrons. The first-order chi connectivity index (χ1) is 10.3. The Hall–Kier alpha value is -2.17. The first-order valence-electron chi connectivity index (χ1n) is 7.41. The molecule has 0 unspecified atom stereocenters. The molecule has 0 bridgehead atoms. The van der Waals surface area contributed by atoms with Crippen LogP contribution in [-0.4, -0.2) is 36.8 Å². The van der Waals surface area contributed by atoms with Crippen LogP contribution in [0.25, 0.3) is 5.57 Å². The second kappa shape index (κ2) is 6.30. The third-order valence-electron chi connectivity index (χ3n) is 3.43. The molecule has 0 aromatic heterocycles. The summed E-state index contributed by atoms with van der Waals surface area (Å²) in [6.07, 6.45) is 2.54. The first-order valence-corrected chi connectivity index (χ1v) is 7.41. The Bertz CT molecular complexity index is 588. The Labute approximate surface area is 131 Å². The summed E-state index contributed by atoms with van der Waals surface area (Å²) < 4.78 is 10.8. The highest BCUT2D eigenvalue weighted by Gasteiger charge is 2.24. The number of nitrogens with zero attached hydrogens (tertiary/aromatic N) is 1. The van der Waals surface area contributed by atoms with Gasteiger partial charge in [-0.2, -0.15) is 0 Å². The number of carbonyl (C=O) groups excluding carboxylic acids is 1. The van der Waals surface area contributed by atoms with Crippen molar-refractivity contribution in [3.8, 4) is 5.75 Å². The third-order valence-corrected chi connectivity index (χ3v) is 3.43. The number of hydrogen-bond acceptors (Lipinski definition) is 4. The second-order valence-electron chi connectivity index (χ2n) is 6.37. The lowest BCUT2D eigenvalue weighted by Crippen LogP contribution is -2.39. The van der Waals surface area contributed by atoms with E-state index in [-0.39, 0.29) is 6.09 Å². The van der Waals surface area contributed by atoms with Crippen LogP contribution in [0.3, 0.4) is 0 Å². The maximum absolute atomic E-state index is 12.1. The molecular weight excluding hydrogens is 280 g/mol. The molecule has 0 saturated heterocycles. The van der Waals surface area contributed by atoms with Gasteiger partial charge in [-0.1, -0.05) is 6.08 Å². The van der Waals surface area contributed by atoms with Crippen molar-refractivity contribution in [1.82, 2.24) is 4.90 Å². The van der Waals surface area contributed by atoms with E-state index in [4.69, 9.17) is 15.2 Å². The molecule has 0 aliphatic carbocycles. The van der Waals surface area contributed by atoms with E-state index in [0.717, 1.165) is 23.3 Å². The Balaban J connectivity index is 2.10. The summed E-state index contributed by atoms with van der Waals surface area (Å²) in [5.41, 5.74) is 8.18. The van der Waals surface area contributed by atoms with Gasteiger partial charge in [-0.25, -0.2) is 4.79 Å². The molecule has 0 atom stereocenters. The van der Waals surface area contributed by atoms with E-state index >= 15 is 0 Å². The van der Waals surface area contributed by atoms with E-state index in [1.165, 1.54) is 0 Å². The van der Waals surface area contributed by atoms with Gasteiger partial charge in [0.2, 0.25) is 0 Å². The number of methoxy groups -OCH3 is 1. The molecule has 5 nitrogen and oxygen atoms in total. The Morgan fingerprint density at radius 3 is 2.59 bits per heavy atom. The van der Waals surface area contributed by atoms with Crippen LogP contribution in [0.1, 0.15) is 32.8 Å². The molecule has 1 aromatic rings. The molecule has 2 N–H and O–H groups in total.